The second kappa shape index (κ2) is 14.7. The lowest BCUT2D eigenvalue weighted by atomic mass is 9.93. The van der Waals surface area contributed by atoms with E-state index in [1.165, 1.54) is 11.3 Å². The van der Waals surface area contributed by atoms with Gasteiger partial charge in [0.1, 0.15) is 33.8 Å². The topological polar surface area (TPSA) is 157 Å². The van der Waals surface area contributed by atoms with Gasteiger partial charge in [-0.3, -0.25) is 19.1 Å². The number of allylic oxidation sites excluding steroid dienone is 1. The van der Waals surface area contributed by atoms with Gasteiger partial charge < -0.3 is 19.7 Å². The molecule has 7 rings (SSSR count). The minimum absolute atomic E-state index is 0.145. The molecule has 1 aliphatic heterocycles. The fourth-order valence-electron chi connectivity index (χ4n) is 7.78. The molecule has 4 aliphatic rings. The molecular weight excluding hydrogens is 715 g/mol. The molecule has 0 saturated heterocycles. The number of benzene rings is 1. The van der Waals surface area contributed by atoms with E-state index < -0.39 is 50.6 Å². The summed E-state index contributed by atoms with van der Waals surface area (Å²) in [5, 5.41) is 5.99. The fraction of sp³-hybridized carbons (Fsp3) is 0.564. The summed E-state index contributed by atoms with van der Waals surface area (Å²) in [7, 11) is -0.423. The number of nitrogens with zero attached hydrogens (tertiary/aromatic N) is 3. The summed E-state index contributed by atoms with van der Waals surface area (Å²) in [4.78, 5) is 53.7. The van der Waals surface area contributed by atoms with Crippen LogP contribution in [0.3, 0.4) is 0 Å². The van der Waals surface area contributed by atoms with Crippen LogP contribution in [0.1, 0.15) is 89.3 Å². The van der Waals surface area contributed by atoms with E-state index in [1.807, 2.05) is 35.7 Å². The number of hydrogen-bond donors (Lipinski definition) is 2. The number of carbonyl (C=O) groups is 3. The van der Waals surface area contributed by atoms with Crippen LogP contribution in [-0.4, -0.2) is 78.6 Å². The number of aromatic nitrogens is 2. The summed E-state index contributed by atoms with van der Waals surface area (Å²) < 4.78 is 40.4. The van der Waals surface area contributed by atoms with E-state index in [4.69, 9.17) is 19.4 Å². The van der Waals surface area contributed by atoms with Gasteiger partial charge in [0.05, 0.1) is 35.4 Å². The van der Waals surface area contributed by atoms with E-state index in [1.54, 1.807) is 19.1 Å². The van der Waals surface area contributed by atoms with Crippen molar-refractivity contribution < 1.29 is 32.3 Å². The number of hydrogen-bond acceptors (Lipinski definition) is 10. The number of thiazole rings is 1. The number of amides is 3. The second-order valence-electron chi connectivity index (χ2n) is 15.3. The van der Waals surface area contributed by atoms with E-state index in [0.29, 0.717) is 43.7 Å². The molecule has 3 aliphatic carbocycles. The average molecular weight is 764 g/mol. The third-order valence-electron chi connectivity index (χ3n) is 11.2. The van der Waals surface area contributed by atoms with Gasteiger partial charge in [-0.25, -0.2) is 18.4 Å². The molecule has 2 N–H and O–H groups in total. The van der Waals surface area contributed by atoms with Crippen LogP contribution in [0.15, 0.2) is 35.7 Å². The van der Waals surface area contributed by atoms with Crippen LogP contribution >= 0.6 is 11.3 Å². The maximum Gasteiger partial charge on any atom is 0.259 e. The Morgan fingerprint density at radius 2 is 1.91 bits per heavy atom. The number of pyridine rings is 1. The summed E-state index contributed by atoms with van der Waals surface area (Å²) in [6, 6.07) is 5.73. The van der Waals surface area contributed by atoms with Gasteiger partial charge in [0.25, 0.3) is 5.91 Å². The first-order valence-electron chi connectivity index (χ1n) is 18.8. The number of sulfonamides is 1. The van der Waals surface area contributed by atoms with Gasteiger partial charge in [-0.2, -0.15) is 0 Å². The number of nitrogens with one attached hydrogen (secondary N) is 2. The summed E-state index contributed by atoms with van der Waals surface area (Å²) in [5.41, 5.74) is 1.93. The standard InChI is InChI=1S/C39H49N5O7S2/c1-6-26-32(50-5)15-14-27-33(19-30(40-34(26)27)36-41-31(21-52-36)22(2)3)51-24-17-28-29(18-24)37(46)44(4)16-10-8-7-9-11-23-20-39(23,42-35(28)45)38(47)43-53(48,49)25-12-13-25/h9,11,14-15,19,21-25,28-29H,6-8,10,12-13,16-18,20H2,1-5H3,(H,42,45)(H,43,47)/t23?,24-,28-,29-,39-/m1/s1. The Bertz CT molecular complexity index is 2060. The quantitative estimate of drug-likeness (QED) is 0.269. The number of rotatable bonds is 9. The maximum atomic E-state index is 14.3. The van der Waals surface area contributed by atoms with Gasteiger partial charge in [0, 0.05) is 41.9 Å². The molecule has 1 unspecified atom stereocenters. The second-order valence-corrected chi connectivity index (χ2v) is 18.1. The molecule has 2 aromatic heterocycles. The van der Waals surface area contributed by atoms with Gasteiger partial charge >= 0.3 is 0 Å². The smallest absolute Gasteiger partial charge is 0.259 e. The van der Waals surface area contributed by atoms with Gasteiger partial charge in [-0.05, 0) is 75.8 Å². The summed E-state index contributed by atoms with van der Waals surface area (Å²) >= 11 is 1.52. The molecule has 0 spiro atoms. The predicted molar refractivity (Wildman–Crippen MR) is 203 cm³/mol. The Hall–Kier alpha value is -4.04. The highest BCUT2D eigenvalue weighted by Gasteiger charge is 2.62. The Kier molecular flexibility index (Phi) is 10.3. The average Bonchev–Trinajstić information content (AvgIpc) is 4.01. The van der Waals surface area contributed by atoms with E-state index in [2.05, 4.69) is 30.8 Å². The van der Waals surface area contributed by atoms with Gasteiger partial charge in [-0.1, -0.05) is 32.9 Å². The summed E-state index contributed by atoms with van der Waals surface area (Å²) in [6.07, 6.45) is 8.30. The normalized spacial score (nSPS) is 26.5. The third-order valence-corrected chi connectivity index (χ3v) is 13.9. The van der Waals surface area contributed by atoms with E-state index in [0.717, 1.165) is 52.2 Å². The Balaban J connectivity index is 1.22. The van der Waals surface area contributed by atoms with Crippen LogP contribution in [0.5, 0.6) is 11.5 Å². The fourth-order valence-corrected chi connectivity index (χ4v) is 10.1. The lowest BCUT2D eigenvalue weighted by molar-refractivity contribution is -0.140. The summed E-state index contributed by atoms with van der Waals surface area (Å²) in [6.45, 7) is 6.81. The molecule has 14 heteroatoms. The first-order valence-corrected chi connectivity index (χ1v) is 21.2. The van der Waals surface area contributed by atoms with Crippen molar-refractivity contribution in [2.45, 2.75) is 101 Å². The highest BCUT2D eigenvalue weighted by Crippen LogP contribution is 2.47. The number of carbonyl (C=O) groups excluding carboxylic acids is 3. The van der Waals surface area contributed by atoms with Gasteiger partial charge in [0.2, 0.25) is 21.8 Å². The molecule has 3 fully saturated rings. The third kappa shape index (κ3) is 7.41. The molecule has 5 atom stereocenters. The molecule has 3 amide bonds. The predicted octanol–water partition coefficient (Wildman–Crippen LogP) is 5.51. The zero-order chi connectivity index (χ0) is 37.7. The molecule has 284 valence electrons. The van der Waals surface area contributed by atoms with Crippen molar-refractivity contribution in [3.05, 3.63) is 47.0 Å². The van der Waals surface area contributed by atoms with Gasteiger partial charge in [0.15, 0.2) is 0 Å². The van der Waals surface area contributed by atoms with Crippen molar-refractivity contribution in [3.63, 3.8) is 0 Å². The van der Waals surface area contributed by atoms with Crippen molar-refractivity contribution in [1.29, 1.82) is 0 Å². The molecule has 12 nitrogen and oxygen atoms in total. The first kappa shape index (κ1) is 37.3. The molecule has 1 aromatic carbocycles. The largest absolute Gasteiger partial charge is 0.496 e. The van der Waals surface area contributed by atoms with Crippen molar-refractivity contribution in [1.82, 2.24) is 24.9 Å². The van der Waals surface area contributed by atoms with E-state index in [-0.39, 0.29) is 30.6 Å². The Labute approximate surface area is 315 Å². The zero-order valence-electron chi connectivity index (χ0n) is 31.0. The Morgan fingerprint density at radius 1 is 1.13 bits per heavy atom. The lowest BCUT2D eigenvalue weighted by Crippen LogP contribution is -2.54. The zero-order valence-corrected chi connectivity index (χ0v) is 32.6. The van der Waals surface area contributed by atoms with Crippen LogP contribution in [0.25, 0.3) is 21.6 Å². The molecular formula is C39H49N5O7S2. The highest BCUT2D eigenvalue weighted by atomic mass is 32.2. The molecule has 0 radical (unpaired) electrons. The highest BCUT2D eigenvalue weighted by molar-refractivity contribution is 7.91. The van der Waals surface area contributed by atoms with Crippen LogP contribution in [-0.2, 0) is 30.8 Å². The van der Waals surface area contributed by atoms with E-state index in [9.17, 15) is 22.8 Å². The molecule has 3 aromatic rings. The van der Waals surface area contributed by atoms with Crippen molar-refractivity contribution >= 4 is 50.0 Å². The minimum Gasteiger partial charge on any atom is -0.496 e. The SMILES string of the molecule is CCc1c(OC)ccc2c(O[C@@H]3C[C@H]4C(=O)N[C@]5(C(=O)NS(=O)(=O)C6CC6)CC5C=CCCCCN(C)C(=O)[C@@H]4C3)cc(-c3nc(C(C)C)cs3)nc12. The Morgan fingerprint density at radius 3 is 2.60 bits per heavy atom. The first-order chi connectivity index (χ1) is 25.3. The van der Waals surface area contributed by atoms with Gasteiger partial charge in [-0.15, -0.1) is 11.3 Å². The van der Waals surface area contributed by atoms with Crippen molar-refractivity contribution in [3.8, 4) is 22.2 Å². The maximum absolute atomic E-state index is 14.3. The molecule has 3 saturated carbocycles. The molecule has 3 heterocycles. The van der Waals surface area contributed by atoms with Crippen molar-refractivity contribution in [2.75, 3.05) is 20.7 Å². The number of ether oxygens (including phenoxy) is 2. The van der Waals surface area contributed by atoms with Crippen LogP contribution in [0, 0.1) is 17.8 Å². The van der Waals surface area contributed by atoms with E-state index >= 15 is 0 Å². The van der Waals surface area contributed by atoms with Crippen LogP contribution in [0.4, 0.5) is 0 Å². The lowest BCUT2D eigenvalue weighted by Gasteiger charge is -2.26. The van der Waals surface area contributed by atoms with Crippen LogP contribution < -0.4 is 19.5 Å². The van der Waals surface area contributed by atoms with Crippen LogP contribution in [0.2, 0.25) is 0 Å². The summed E-state index contributed by atoms with van der Waals surface area (Å²) in [5.74, 6) is -1.58. The molecule has 0 bridgehead atoms. The minimum atomic E-state index is -3.83. The number of fused-ring (bicyclic) bond motifs is 3. The van der Waals surface area contributed by atoms with Crippen molar-refractivity contribution in [2.24, 2.45) is 17.8 Å². The number of aryl methyl sites for hydroxylation is 1. The monoisotopic (exact) mass is 763 g/mol. The molecule has 53 heavy (non-hydrogen) atoms. The number of methoxy groups -OCH3 is 1.